The zero-order chi connectivity index (χ0) is 24.1. The molecule has 176 valence electrons. The maximum Gasteiger partial charge on any atom is 0.495 e. The molecule has 2 aliphatic heterocycles. The van der Waals surface area contributed by atoms with Crippen LogP contribution in [0.15, 0.2) is 18.2 Å². The standard InChI is InChI=1S/C24H37BN2O5/c1-16-10-11-17(14-19(16)25-31-23(5,6)24(7,8)32-25)20(28)26(9)18-12-13-27(15-18)21(29)30-22(2,3)4/h10-11,14,18H,12-13,15H2,1-9H3/t18-/m0/s1. The number of ether oxygens (including phenoxy) is 1. The summed E-state index contributed by atoms with van der Waals surface area (Å²) in [6, 6.07) is 5.58. The van der Waals surface area contributed by atoms with Crippen molar-refractivity contribution >= 4 is 24.6 Å². The summed E-state index contributed by atoms with van der Waals surface area (Å²) in [5.74, 6) is -0.0844. The third-order valence-corrected chi connectivity index (χ3v) is 6.72. The van der Waals surface area contributed by atoms with Gasteiger partial charge in [-0.3, -0.25) is 4.79 Å². The summed E-state index contributed by atoms with van der Waals surface area (Å²) < 4.78 is 17.9. The van der Waals surface area contributed by atoms with Crippen LogP contribution in [0.3, 0.4) is 0 Å². The van der Waals surface area contributed by atoms with Gasteiger partial charge < -0.3 is 23.8 Å². The van der Waals surface area contributed by atoms with E-state index < -0.39 is 23.9 Å². The maximum absolute atomic E-state index is 13.3. The SMILES string of the molecule is Cc1ccc(C(=O)N(C)[C@H]2CCN(C(=O)OC(C)(C)C)C2)cc1B1OC(C)(C)C(C)(C)O1. The Morgan fingerprint density at radius 3 is 2.31 bits per heavy atom. The van der Waals surface area contributed by atoms with Gasteiger partial charge in [0.2, 0.25) is 0 Å². The van der Waals surface area contributed by atoms with Crippen LogP contribution < -0.4 is 5.46 Å². The van der Waals surface area contributed by atoms with Crippen LogP contribution in [-0.2, 0) is 14.0 Å². The van der Waals surface area contributed by atoms with E-state index in [4.69, 9.17) is 14.0 Å². The van der Waals surface area contributed by atoms with E-state index in [0.29, 0.717) is 18.7 Å². The molecule has 0 unspecified atom stereocenters. The fourth-order valence-electron chi connectivity index (χ4n) is 3.92. The molecule has 0 radical (unpaired) electrons. The second-order valence-electron chi connectivity index (χ2n) is 10.9. The maximum atomic E-state index is 13.3. The van der Waals surface area contributed by atoms with Crippen molar-refractivity contribution in [1.82, 2.24) is 9.80 Å². The summed E-state index contributed by atoms with van der Waals surface area (Å²) in [6.07, 6.45) is 0.386. The Labute approximate surface area is 192 Å². The minimum absolute atomic E-state index is 0.0587. The number of aryl methyl sites for hydroxylation is 1. The lowest BCUT2D eigenvalue weighted by molar-refractivity contribution is 0.00578. The molecule has 0 bridgehead atoms. The number of rotatable bonds is 3. The van der Waals surface area contributed by atoms with E-state index in [2.05, 4.69) is 0 Å². The number of likely N-dealkylation sites (N-methyl/N-ethyl adjacent to an activating group) is 1. The van der Waals surface area contributed by atoms with Crippen LogP contribution in [0.25, 0.3) is 0 Å². The molecule has 2 fully saturated rings. The topological polar surface area (TPSA) is 68.3 Å². The van der Waals surface area contributed by atoms with Gasteiger partial charge in [-0.15, -0.1) is 0 Å². The van der Waals surface area contributed by atoms with Gasteiger partial charge in [0.05, 0.1) is 17.2 Å². The molecule has 0 aromatic heterocycles. The van der Waals surface area contributed by atoms with Gasteiger partial charge in [0.15, 0.2) is 0 Å². The first-order chi connectivity index (χ1) is 14.6. The first-order valence-electron chi connectivity index (χ1n) is 11.3. The van der Waals surface area contributed by atoms with Crippen LogP contribution in [0, 0.1) is 6.92 Å². The fraction of sp³-hybridized carbons (Fsp3) is 0.667. The number of hydrogen-bond acceptors (Lipinski definition) is 5. The minimum Gasteiger partial charge on any atom is -0.444 e. The zero-order valence-electron chi connectivity index (χ0n) is 20.9. The van der Waals surface area contributed by atoms with Gasteiger partial charge in [0.1, 0.15) is 5.60 Å². The quantitative estimate of drug-likeness (QED) is 0.669. The van der Waals surface area contributed by atoms with Crippen molar-refractivity contribution in [3.05, 3.63) is 29.3 Å². The molecule has 2 saturated heterocycles. The van der Waals surface area contributed by atoms with Gasteiger partial charge >= 0.3 is 13.2 Å². The van der Waals surface area contributed by atoms with E-state index >= 15 is 0 Å². The monoisotopic (exact) mass is 444 g/mol. The van der Waals surface area contributed by atoms with Gasteiger partial charge in [-0.05, 0) is 79.4 Å². The second-order valence-corrected chi connectivity index (χ2v) is 10.9. The smallest absolute Gasteiger partial charge is 0.444 e. The number of amides is 2. The largest absolute Gasteiger partial charge is 0.495 e. The Morgan fingerprint density at radius 1 is 1.16 bits per heavy atom. The molecule has 2 aliphatic rings. The van der Waals surface area contributed by atoms with Crippen molar-refractivity contribution in [3.63, 3.8) is 0 Å². The zero-order valence-corrected chi connectivity index (χ0v) is 20.9. The van der Waals surface area contributed by atoms with E-state index in [1.165, 1.54) is 0 Å². The van der Waals surface area contributed by atoms with Crippen LogP contribution >= 0.6 is 0 Å². The molecule has 0 aliphatic carbocycles. The Morgan fingerprint density at radius 2 is 1.75 bits per heavy atom. The first kappa shape index (κ1) is 24.6. The highest BCUT2D eigenvalue weighted by Crippen LogP contribution is 2.36. The average molecular weight is 444 g/mol. The molecular weight excluding hydrogens is 407 g/mol. The van der Waals surface area contributed by atoms with Crippen LogP contribution in [0.1, 0.15) is 70.8 Å². The summed E-state index contributed by atoms with van der Waals surface area (Å²) in [4.78, 5) is 29.1. The molecule has 2 amide bonds. The molecule has 1 atom stereocenters. The van der Waals surface area contributed by atoms with Crippen LogP contribution in [0.4, 0.5) is 4.79 Å². The molecule has 2 heterocycles. The molecule has 0 saturated carbocycles. The predicted molar refractivity (Wildman–Crippen MR) is 125 cm³/mol. The summed E-state index contributed by atoms with van der Waals surface area (Å²) in [7, 11) is 1.27. The Balaban J connectivity index is 1.72. The van der Waals surface area contributed by atoms with E-state index in [1.807, 2.05) is 73.6 Å². The highest BCUT2D eigenvalue weighted by atomic mass is 16.7. The number of hydrogen-bond donors (Lipinski definition) is 0. The average Bonchev–Trinajstić information content (AvgIpc) is 3.22. The summed E-state index contributed by atoms with van der Waals surface area (Å²) in [5.41, 5.74) is 1.02. The third kappa shape index (κ3) is 4.96. The number of carbonyl (C=O) groups is 2. The van der Waals surface area contributed by atoms with E-state index in [1.54, 1.807) is 16.8 Å². The molecule has 1 aromatic rings. The van der Waals surface area contributed by atoms with Crippen LogP contribution in [0.5, 0.6) is 0 Å². The fourth-order valence-corrected chi connectivity index (χ4v) is 3.92. The first-order valence-corrected chi connectivity index (χ1v) is 11.3. The highest BCUT2D eigenvalue weighted by molar-refractivity contribution is 6.62. The molecule has 7 nitrogen and oxygen atoms in total. The van der Waals surface area contributed by atoms with Crippen molar-refractivity contribution < 1.29 is 23.6 Å². The van der Waals surface area contributed by atoms with Crippen LogP contribution in [0.2, 0.25) is 0 Å². The Bertz CT molecular complexity index is 877. The predicted octanol–water partition coefficient (Wildman–Crippen LogP) is 3.38. The minimum atomic E-state index is -0.539. The third-order valence-electron chi connectivity index (χ3n) is 6.72. The van der Waals surface area contributed by atoms with Gasteiger partial charge in [-0.25, -0.2) is 4.79 Å². The summed E-state index contributed by atoms with van der Waals surface area (Å²) in [5, 5.41) is 0. The Kier molecular flexibility index (Phi) is 6.44. The molecule has 8 heteroatoms. The van der Waals surface area contributed by atoms with Gasteiger partial charge in [0.25, 0.3) is 5.91 Å². The van der Waals surface area contributed by atoms with E-state index in [-0.39, 0.29) is 18.0 Å². The van der Waals surface area contributed by atoms with Crippen molar-refractivity contribution in [2.24, 2.45) is 0 Å². The van der Waals surface area contributed by atoms with Crippen molar-refractivity contribution in [2.45, 2.75) is 84.7 Å². The van der Waals surface area contributed by atoms with Crippen molar-refractivity contribution in [1.29, 1.82) is 0 Å². The lowest BCUT2D eigenvalue weighted by Crippen LogP contribution is -2.42. The second kappa shape index (κ2) is 8.38. The number of carbonyl (C=O) groups excluding carboxylic acids is 2. The normalized spacial score (nSPS) is 22.2. The Hall–Kier alpha value is -2.06. The molecule has 1 aromatic carbocycles. The van der Waals surface area contributed by atoms with Crippen molar-refractivity contribution in [2.75, 3.05) is 20.1 Å². The number of likely N-dealkylation sites (tertiary alicyclic amines) is 1. The molecule has 0 N–H and O–H groups in total. The lowest BCUT2D eigenvalue weighted by atomic mass is 9.75. The van der Waals surface area contributed by atoms with Crippen molar-refractivity contribution in [3.8, 4) is 0 Å². The number of nitrogens with zero attached hydrogens (tertiary/aromatic N) is 2. The van der Waals surface area contributed by atoms with E-state index in [9.17, 15) is 9.59 Å². The molecule has 0 spiro atoms. The van der Waals surface area contributed by atoms with Gasteiger partial charge in [-0.1, -0.05) is 11.6 Å². The summed E-state index contributed by atoms with van der Waals surface area (Å²) >= 11 is 0. The number of benzene rings is 1. The molecule has 32 heavy (non-hydrogen) atoms. The van der Waals surface area contributed by atoms with Gasteiger partial charge in [-0.2, -0.15) is 0 Å². The van der Waals surface area contributed by atoms with E-state index in [0.717, 1.165) is 17.4 Å². The molecule has 3 rings (SSSR count). The summed E-state index contributed by atoms with van der Waals surface area (Å²) in [6.45, 7) is 16.6. The lowest BCUT2D eigenvalue weighted by Gasteiger charge is -2.32. The van der Waals surface area contributed by atoms with Crippen LogP contribution in [-0.4, -0.2) is 71.9 Å². The molecular formula is C24H37BN2O5. The highest BCUT2D eigenvalue weighted by Gasteiger charge is 2.52. The van der Waals surface area contributed by atoms with Gasteiger partial charge in [0, 0.05) is 25.7 Å².